The number of nitrogens with one attached hydrogen (secondary N) is 2. The van der Waals surface area contributed by atoms with E-state index in [9.17, 15) is 4.39 Å². The van der Waals surface area contributed by atoms with Gasteiger partial charge in [0.25, 0.3) is 0 Å². The normalized spacial score (nSPS) is 18.6. The highest BCUT2D eigenvalue weighted by atomic mass is 32.2. The van der Waals surface area contributed by atoms with E-state index in [1.54, 1.807) is 31.2 Å². The average molecular weight is 495 g/mol. The summed E-state index contributed by atoms with van der Waals surface area (Å²) in [6, 6.07) is 12.6. The summed E-state index contributed by atoms with van der Waals surface area (Å²) in [5.41, 5.74) is 3.47. The van der Waals surface area contributed by atoms with E-state index in [4.69, 9.17) is 10.1 Å². The van der Waals surface area contributed by atoms with Gasteiger partial charge in [-0.15, -0.1) is 0 Å². The summed E-state index contributed by atoms with van der Waals surface area (Å²) in [4.78, 5) is 3.52. The van der Waals surface area contributed by atoms with Crippen LogP contribution in [0.5, 0.6) is 0 Å². The molecule has 1 atom stereocenters. The van der Waals surface area contributed by atoms with Crippen LogP contribution in [0.3, 0.4) is 0 Å². The van der Waals surface area contributed by atoms with Crippen LogP contribution in [0.2, 0.25) is 0 Å². The monoisotopic (exact) mass is 494 g/mol. The molecule has 1 aliphatic heterocycles. The number of hydrogen-bond donors (Lipinski definition) is 2. The van der Waals surface area contributed by atoms with Crippen molar-refractivity contribution in [2.75, 3.05) is 43.6 Å². The molecule has 0 radical (unpaired) electrons. The Bertz CT molecular complexity index is 1150. The highest BCUT2D eigenvalue weighted by Crippen LogP contribution is 2.33. The van der Waals surface area contributed by atoms with Gasteiger partial charge in [0.15, 0.2) is 0 Å². The van der Waals surface area contributed by atoms with Crippen LogP contribution in [0, 0.1) is 17.1 Å². The minimum Gasteiger partial charge on any atom is -0.383 e. The molecular weight excluding hydrogens is 463 g/mol. The number of ether oxygens (including phenoxy) is 1. The summed E-state index contributed by atoms with van der Waals surface area (Å²) in [6.07, 6.45) is 8.12. The van der Waals surface area contributed by atoms with Crippen molar-refractivity contribution in [2.24, 2.45) is 5.92 Å². The van der Waals surface area contributed by atoms with Gasteiger partial charge in [-0.05, 0) is 73.2 Å². The number of benzene rings is 2. The molecule has 9 heteroatoms. The van der Waals surface area contributed by atoms with E-state index in [1.165, 1.54) is 36.1 Å². The molecule has 2 N–H and O–H groups in total. The lowest BCUT2D eigenvalue weighted by Crippen LogP contribution is -2.52. The van der Waals surface area contributed by atoms with E-state index in [0.29, 0.717) is 6.61 Å². The number of rotatable bonds is 10. The second kappa shape index (κ2) is 10.8. The molecule has 5 rings (SSSR count). The number of anilines is 3. The summed E-state index contributed by atoms with van der Waals surface area (Å²) in [5, 5.41) is 15.7. The fraction of sp³-hybridized carbons (Fsp3) is 0.385. The van der Waals surface area contributed by atoms with Crippen LogP contribution >= 0.6 is 11.9 Å². The van der Waals surface area contributed by atoms with Crippen LogP contribution in [-0.4, -0.2) is 59.7 Å². The lowest BCUT2D eigenvalue weighted by Gasteiger charge is -2.41. The third-order valence-corrected chi connectivity index (χ3v) is 7.58. The van der Waals surface area contributed by atoms with Crippen molar-refractivity contribution in [1.29, 1.82) is 5.41 Å². The quantitative estimate of drug-likeness (QED) is 0.305. The van der Waals surface area contributed by atoms with E-state index >= 15 is 0 Å². The minimum atomic E-state index is -0.270. The molecule has 1 aromatic heterocycles. The predicted octanol–water partition coefficient (Wildman–Crippen LogP) is 5.02. The number of halogens is 1. The highest BCUT2D eigenvalue weighted by molar-refractivity contribution is 7.97. The van der Waals surface area contributed by atoms with Gasteiger partial charge in [0.05, 0.1) is 23.7 Å². The molecule has 0 bridgehead atoms. The molecule has 2 aliphatic rings. The SMILES string of the molecule is COCC1CN(c2ccc(Nc3ccc(F)cc3)c(C=N)c2)CCN1Sc1cnn(CC2CC2)c1. The molecule has 2 fully saturated rings. The van der Waals surface area contributed by atoms with Crippen molar-refractivity contribution in [1.82, 2.24) is 14.1 Å². The summed E-state index contributed by atoms with van der Waals surface area (Å²) in [6.45, 7) is 4.27. The molecule has 3 aromatic rings. The molecule has 1 saturated heterocycles. The van der Waals surface area contributed by atoms with Crippen molar-refractivity contribution >= 4 is 35.2 Å². The van der Waals surface area contributed by atoms with Gasteiger partial charge < -0.3 is 20.4 Å². The van der Waals surface area contributed by atoms with Gasteiger partial charge in [-0.3, -0.25) is 4.68 Å². The van der Waals surface area contributed by atoms with Crippen molar-refractivity contribution < 1.29 is 9.13 Å². The Morgan fingerprint density at radius 1 is 1.20 bits per heavy atom. The maximum Gasteiger partial charge on any atom is 0.123 e. The molecule has 184 valence electrons. The maximum atomic E-state index is 13.2. The molecule has 1 saturated carbocycles. The summed E-state index contributed by atoms with van der Waals surface area (Å²) >= 11 is 1.76. The van der Waals surface area contributed by atoms with Crippen LogP contribution in [0.4, 0.5) is 21.5 Å². The maximum absolute atomic E-state index is 13.2. The highest BCUT2D eigenvalue weighted by Gasteiger charge is 2.29. The first-order valence-corrected chi connectivity index (χ1v) is 12.8. The minimum absolute atomic E-state index is 0.228. The van der Waals surface area contributed by atoms with Crippen LogP contribution in [0.1, 0.15) is 18.4 Å². The van der Waals surface area contributed by atoms with Crippen molar-refractivity contribution in [2.45, 2.75) is 30.3 Å². The fourth-order valence-electron chi connectivity index (χ4n) is 4.38. The van der Waals surface area contributed by atoms with Gasteiger partial charge in [0, 0.05) is 68.3 Å². The van der Waals surface area contributed by atoms with E-state index in [0.717, 1.165) is 54.7 Å². The molecule has 35 heavy (non-hydrogen) atoms. The Labute approximate surface area is 209 Å². The van der Waals surface area contributed by atoms with Gasteiger partial charge in [-0.1, -0.05) is 0 Å². The number of aromatic nitrogens is 2. The van der Waals surface area contributed by atoms with Crippen LogP contribution in [-0.2, 0) is 11.3 Å². The van der Waals surface area contributed by atoms with Gasteiger partial charge in [0.2, 0.25) is 0 Å². The van der Waals surface area contributed by atoms with Gasteiger partial charge in [0.1, 0.15) is 5.82 Å². The largest absolute Gasteiger partial charge is 0.383 e. The molecule has 1 aliphatic carbocycles. The summed E-state index contributed by atoms with van der Waals surface area (Å²) < 4.78 is 23.3. The van der Waals surface area contributed by atoms with Gasteiger partial charge >= 0.3 is 0 Å². The summed E-state index contributed by atoms with van der Waals surface area (Å²) in [7, 11) is 1.75. The zero-order valence-corrected chi connectivity index (χ0v) is 20.7. The lowest BCUT2D eigenvalue weighted by molar-refractivity contribution is 0.132. The number of methoxy groups -OCH3 is 1. The average Bonchev–Trinajstić information content (AvgIpc) is 3.58. The first kappa shape index (κ1) is 23.8. The van der Waals surface area contributed by atoms with E-state index in [2.05, 4.69) is 36.6 Å². The molecule has 7 nitrogen and oxygen atoms in total. The second-order valence-electron chi connectivity index (χ2n) is 9.18. The van der Waals surface area contributed by atoms with Crippen LogP contribution < -0.4 is 10.2 Å². The molecular formula is C26H31FN6OS. The lowest BCUT2D eigenvalue weighted by atomic mass is 10.1. The molecule has 2 heterocycles. The molecule has 2 aromatic carbocycles. The van der Waals surface area contributed by atoms with Crippen molar-refractivity contribution in [3.05, 3.63) is 66.2 Å². The van der Waals surface area contributed by atoms with E-state index in [-0.39, 0.29) is 11.9 Å². The van der Waals surface area contributed by atoms with Crippen LogP contribution in [0.25, 0.3) is 0 Å². The Balaban J connectivity index is 1.25. The zero-order valence-electron chi connectivity index (χ0n) is 19.9. The Morgan fingerprint density at radius 2 is 2.03 bits per heavy atom. The first-order valence-electron chi connectivity index (χ1n) is 12.0. The van der Waals surface area contributed by atoms with E-state index in [1.807, 2.05) is 18.3 Å². The number of piperazine rings is 1. The standard InChI is InChI=1S/C26H31FN6OS/c1-34-18-24-16-31(10-11-33(24)35-25-14-29-32(17-25)15-19-2-3-19)23-8-9-26(20(12-23)13-28)30-22-6-4-21(27)5-7-22/h4-9,12-14,17,19,24,28,30H,2-3,10-11,15-16,18H2,1H3. The van der Waals surface area contributed by atoms with Crippen LogP contribution in [0.15, 0.2) is 59.8 Å². The summed E-state index contributed by atoms with van der Waals surface area (Å²) in [5.74, 6) is 0.536. The topological polar surface area (TPSA) is 69.4 Å². The first-order chi connectivity index (χ1) is 17.1. The smallest absolute Gasteiger partial charge is 0.123 e. The number of nitrogens with zero attached hydrogens (tertiary/aromatic N) is 4. The molecule has 1 unspecified atom stereocenters. The number of hydrogen-bond acceptors (Lipinski definition) is 7. The third-order valence-electron chi connectivity index (χ3n) is 6.44. The Hall–Kier alpha value is -2.88. The van der Waals surface area contributed by atoms with Crippen molar-refractivity contribution in [3.8, 4) is 0 Å². The van der Waals surface area contributed by atoms with Gasteiger partial charge in [-0.25, -0.2) is 8.70 Å². The van der Waals surface area contributed by atoms with E-state index < -0.39 is 0 Å². The van der Waals surface area contributed by atoms with Crippen molar-refractivity contribution in [3.63, 3.8) is 0 Å². The predicted molar refractivity (Wildman–Crippen MR) is 139 cm³/mol. The molecule has 0 spiro atoms. The van der Waals surface area contributed by atoms with Gasteiger partial charge in [-0.2, -0.15) is 5.10 Å². The Morgan fingerprint density at radius 3 is 2.77 bits per heavy atom. The fourth-order valence-corrected chi connectivity index (χ4v) is 5.37. The molecule has 0 amide bonds. The second-order valence-corrected chi connectivity index (χ2v) is 10.3. The Kier molecular flexibility index (Phi) is 7.36. The third kappa shape index (κ3) is 6.04. The zero-order chi connectivity index (χ0) is 24.2.